The number of aromatic nitrogens is 2. The summed E-state index contributed by atoms with van der Waals surface area (Å²) >= 11 is 0. The minimum Gasteiger partial charge on any atom is -0.490 e. The quantitative estimate of drug-likeness (QED) is 0.321. The van der Waals surface area contributed by atoms with Gasteiger partial charge in [0.2, 0.25) is 5.75 Å². The van der Waals surface area contributed by atoms with E-state index in [-0.39, 0.29) is 5.91 Å². The van der Waals surface area contributed by atoms with Crippen LogP contribution in [-0.2, 0) is 0 Å². The maximum atomic E-state index is 13.3. The molecule has 3 aromatic carbocycles. The highest BCUT2D eigenvalue weighted by Gasteiger charge is 2.19. The van der Waals surface area contributed by atoms with Crippen LogP contribution in [0.1, 0.15) is 36.7 Å². The van der Waals surface area contributed by atoms with Crippen molar-refractivity contribution in [3.05, 3.63) is 65.7 Å². The lowest BCUT2D eigenvalue weighted by Gasteiger charge is -2.17. The minimum atomic E-state index is -0.269. The Labute approximate surface area is 199 Å². The van der Waals surface area contributed by atoms with Crippen LogP contribution in [0.25, 0.3) is 22.4 Å². The van der Waals surface area contributed by atoms with Crippen LogP contribution in [0, 0.1) is 6.92 Å². The number of para-hydroxylation sites is 2. The molecule has 0 aliphatic heterocycles. The lowest BCUT2D eigenvalue weighted by atomic mass is 10.1. The van der Waals surface area contributed by atoms with E-state index in [1.165, 1.54) is 0 Å². The van der Waals surface area contributed by atoms with E-state index in [4.69, 9.17) is 14.2 Å². The summed E-state index contributed by atoms with van der Waals surface area (Å²) < 4.78 is 17.2. The maximum Gasteiger partial charge on any atom is 0.255 e. The van der Waals surface area contributed by atoms with E-state index in [0.717, 1.165) is 28.0 Å². The lowest BCUT2D eigenvalue weighted by molar-refractivity contribution is 0.102. The van der Waals surface area contributed by atoms with Crippen LogP contribution in [-0.4, -0.2) is 35.7 Å². The van der Waals surface area contributed by atoms with Gasteiger partial charge >= 0.3 is 0 Å². The molecule has 0 aliphatic carbocycles. The minimum absolute atomic E-state index is 0.269. The topological polar surface area (TPSA) is 85.5 Å². The van der Waals surface area contributed by atoms with E-state index in [9.17, 15) is 4.79 Å². The number of nitrogens with zero attached hydrogens (tertiary/aromatic N) is 1. The zero-order valence-electron chi connectivity index (χ0n) is 19.9. The van der Waals surface area contributed by atoms with Crippen molar-refractivity contribution >= 4 is 22.6 Å². The smallest absolute Gasteiger partial charge is 0.255 e. The average molecular weight is 460 g/mol. The van der Waals surface area contributed by atoms with E-state index in [0.29, 0.717) is 48.3 Å². The number of benzene rings is 3. The summed E-state index contributed by atoms with van der Waals surface area (Å²) in [4.78, 5) is 21.3. The van der Waals surface area contributed by atoms with Crippen LogP contribution in [0.3, 0.4) is 0 Å². The molecule has 0 saturated carbocycles. The number of nitrogens with one attached hydrogen (secondary N) is 2. The first-order valence-electron chi connectivity index (χ1n) is 11.5. The zero-order chi connectivity index (χ0) is 24.1. The average Bonchev–Trinajstić information content (AvgIpc) is 3.27. The number of amides is 1. The molecule has 4 aromatic rings. The molecule has 1 aromatic heterocycles. The summed E-state index contributed by atoms with van der Waals surface area (Å²) in [6, 6.07) is 17.1. The summed E-state index contributed by atoms with van der Waals surface area (Å²) in [6.45, 7) is 8.95. The number of aryl methyl sites for hydroxylation is 1. The second kappa shape index (κ2) is 10.3. The van der Waals surface area contributed by atoms with Crippen molar-refractivity contribution in [2.75, 3.05) is 25.1 Å². The Hall–Kier alpha value is -4.00. The van der Waals surface area contributed by atoms with Gasteiger partial charge < -0.3 is 24.5 Å². The van der Waals surface area contributed by atoms with Crippen molar-refractivity contribution in [3.63, 3.8) is 0 Å². The molecule has 7 nitrogen and oxygen atoms in total. The molecule has 1 amide bonds. The van der Waals surface area contributed by atoms with E-state index >= 15 is 0 Å². The molecule has 0 saturated heterocycles. The molecule has 176 valence electrons. The number of fused-ring (bicyclic) bond motifs is 1. The van der Waals surface area contributed by atoms with Crippen molar-refractivity contribution in [1.29, 1.82) is 0 Å². The van der Waals surface area contributed by atoms with Crippen molar-refractivity contribution in [1.82, 2.24) is 9.97 Å². The standard InChI is InChI=1S/C27H29N3O4/c1-5-32-23-15-19(16-24(33-6-2)25(23)34-7-3)27(31)30-22-14-18(13-12-17(22)4)26-28-20-10-8-9-11-21(20)29-26/h8-16H,5-7H2,1-4H3,(H,28,29)(H,30,31). The molecule has 34 heavy (non-hydrogen) atoms. The summed E-state index contributed by atoms with van der Waals surface area (Å²) in [5.74, 6) is 1.94. The Kier molecular flexibility index (Phi) is 7.01. The molecule has 2 N–H and O–H groups in total. The van der Waals surface area contributed by atoms with Crippen molar-refractivity contribution in [3.8, 4) is 28.6 Å². The normalized spacial score (nSPS) is 10.8. The Balaban J connectivity index is 1.66. The Morgan fingerprint density at radius 3 is 2.24 bits per heavy atom. The number of carbonyl (C=O) groups is 1. The highest BCUT2D eigenvalue weighted by Crippen LogP contribution is 2.39. The number of hydrogen-bond donors (Lipinski definition) is 2. The molecule has 0 atom stereocenters. The predicted octanol–water partition coefficient (Wildman–Crippen LogP) is 5.99. The van der Waals surface area contributed by atoms with Gasteiger partial charge in [-0.3, -0.25) is 4.79 Å². The number of hydrogen-bond acceptors (Lipinski definition) is 5. The molecular weight excluding hydrogens is 430 g/mol. The third kappa shape index (κ3) is 4.83. The van der Waals surface area contributed by atoms with Gasteiger partial charge in [-0.2, -0.15) is 0 Å². The van der Waals surface area contributed by atoms with Crippen LogP contribution in [0.15, 0.2) is 54.6 Å². The fourth-order valence-electron chi connectivity index (χ4n) is 3.71. The van der Waals surface area contributed by atoms with Crippen LogP contribution >= 0.6 is 0 Å². The number of imidazole rings is 1. The van der Waals surface area contributed by atoms with Crippen molar-refractivity contribution < 1.29 is 19.0 Å². The van der Waals surface area contributed by atoms with Gasteiger partial charge in [0.1, 0.15) is 5.82 Å². The van der Waals surface area contributed by atoms with Crippen molar-refractivity contribution in [2.45, 2.75) is 27.7 Å². The fourth-order valence-corrected chi connectivity index (χ4v) is 3.71. The number of ether oxygens (including phenoxy) is 3. The predicted molar refractivity (Wildman–Crippen MR) is 134 cm³/mol. The molecule has 0 spiro atoms. The largest absolute Gasteiger partial charge is 0.490 e. The van der Waals surface area contributed by atoms with Gasteiger partial charge in [0.15, 0.2) is 11.5 Å². The van der Waals surface area contributed by atoms with Gasteiger partial charge in [-0.05, 0) is 63.6 Å². The SMILES string of the molecule is CCOc1cc(C(=O)Nc2cc(-c3nc4ccccc4[nH]3)ccc2C)cc(OCC)c1OCC. The van der Waals surface area contributed by atoms with Crippen molar-refractivity contribution in [2.24, 2.45) is 0 Å². The summed E-state index contributed by atoms with van der Waals surface area (Å²) in [5.41, 5.74) is 4.80. The number of carbonyl (C=O) groups excluding carboxylic acids is 1. The first kappa shape index (κ1) is 23.2. The van der Waals surface area contributed by atoms with Gasteiger partial charge in [-0.25, -0.2) is 4.98 Å². The van der Waals surface area contributed by atoms with Gasteiger partial charge in [-0.1, -0.05) is 24.3 Å². The second-order valence-corrected chi connectivity index (χ2v) is 7.69. The first-order chi connectivity index (χ1) is 16.5. The molecule has 0 fully saturated rings. The van der Waals surface area contributed by atoms with Crippen LogP contribution in [0.5, 0.6) is 17.2 Å². The summed E-state index contributed by atoms with van der Waals surface area (Å²) in [5, 5.41) is 3.03. The van der Waals surface area contributed by atoms with Gasteiger partial charge in [-0.15, -0.1) is 0 Å². The van der Waals surface area contributed by atoms with Crippen LogP contribution in [0.2, 0.25) is 0 Å². The van der Waals surface area contributed by atoms with Gasteiger partial charge in [0, 0.05) is 16.8 Å². The van der Waals surface area contributed by atoms with E-state index in [1.54, 1.807) is 12.1 Å². The first-order valence-corrected chi connectivity index (χ1v) is 11.5. The zero-order valence-corrected chi connectivity index (χ0v) is 19.9. The number of aromatic amines is 1. The second-order valence-electron chi connectivity index (χ2n) is 7.69. The molecule has 0 radical (unpaired) electrons. The molecular formula is C27H29N3O4. The summed E-state index contributed by atoms with van der Waals surface area (Å²) in [6.07, 6.45) is 0. The number of anilines is 1. The monoisotopic (exact) mass is 459 g/mol. The summed E-state index contributed by atoms with van der Waals surface area (Å²) in [7, 11) is 0. The number of rotatable bonds is 9. The molecule has 7 heteroatoms. The van der Waals surface area contributed by atoms with E-state index in [1.807, 2.05) is 70.2 Å². The lowest BCUT2D eigenvalue weighted by Crippen LogP contribution is -2.14. The Morgan fingerprint density at radius 1 is 0.912 bits per heavy atom. The van der Waals surface area contributed by atoms with Crippen LogP contribution < -0.4 is 19.5 Å². The fraction of sp³-hybridized carbons (Fsp3) is 0.259. The Morgan fingerprint density at radius 2 is 1.59 bits per heavy atom. The third-order valence-electron chi connectivity index (χ3n) is 5.32. The third-order valence-corrected chi connectivity index (χ3v) is 5.32. The highest BCUT2D eigenvalue weighted by atomic mass is 16.5. The Bertz CT molecular complexity index is 1250. The van der Waals surface area contributed by atoms with Crippen LogP contribution in [0.4, 0.5) is 5.69 Å². The number of H-pyrrole nitrogens is 1. The highest BCUT2D eigenvalue weighted by molar-refractivity contribution is 6.05. The van der Waals surface area contributed by atoms with Gasteiger partial charge in [0.05, 0.1) is 30.9 Å². The van der Waals surface area contributed by atoms with Gasteiger partial charge in [0.25, 0.3) is 5.91 Å². The maximum absolute atomic E-state index is 13.3. The van der Waals surface area contributed by atoms with E-state index < -0.39 is 0 Å². The molecule has 4 rings (SSSR count). The molecule has 0 unspecified atom stereocenters. The molecule has 0 bridgehead atoms. The molecule has 0 aliphatic rings. The van der Waals surface area contributed by atoms with E-state index in [2.05, 4.69) is 15.3 Å². The molecule has 1 heterocycles.